The Bertz CT molecular complexity index is 95.1. The minimum atomic E-state index is -0.234. The Hall–Kier alpha value is -1.06. The molecule has 0 fully saturated rings. The molecule has 0 saturated heterocycles. The fraction of sp³-hybridized carbons (Fsp3) is 0.333. The summed E-state index contributed by atoms with van der Waals surface area (Å²) in [5.41, 5.74) is 4.84. The topological polar surface area (TPSA) is 85.8 Å². The number of nitrogens with one attached hydrogen (secondary N) is 3. The van der Waals surface area contributed by atoms with Crippen molar-refractivity contribution >= 4 is 11.7 Å². The first kappa shape index (κ1) is 5.94. The maximum atomic E-state index is 6.73. The summed E-state index contributed by atoms with van der Waals surface area (Å²) in [5, 5.41) is 15.7. The molecule has 0 aliphatic heterocycles. The van der Waals surface area contributed by atoms with Crippen molar-refractivity contribution in [3.63, 3.8) is 0 Å². The van der Waals surface area contributed by atoms with Gasteiger partial charge in [-0.25, -0.2) is 0 Å². The number of hydrogen-bond acceptors (Lipinski definition) is 2. The first-order valence-electron chi connectivity index (χ1n) is 1.79. The third-order valence-electron chi connectivity index (χ3n) is 0.519. The second kappa shape index (κ2) is 2.17. The van der Waals surface area contributed by atoms with Crippen LogP contribution in [-0.2, 0) is 0 Å². The highest BCUT2D eigenvalue weighted by Gasteiger charge is 1.90. The monoisotopic (exact) mass is 100 g/mol. The minimum Gasteiger partial charge on any atom is -0.381 e. The first-order chi connectivity index (χ1) is 3.18. The lowest BCUT2D eigenvalue weighted by Crippen LogP contribution is -2.31. The molecule has 0 aromatic heterocycles. The van der Waals surface area contributed by atoms with Crippen LogP contribution in [0.5, 0.6) is 0 Å². The van der Waals surface area contributed by atoms with E-state index in [4.69, 9.17) is 16.6 Å². The summed E-state index contributed by atoms with van der Waals surface area (Å²) in [7, 11) is 1.55. The Balaban J connectivity index is 3.58. The van der Waals surface area contributed by atoms with Crippen molar-refractivity contribution in [2.45, 2.75) is 0 Å². The van der Waals surface area contributed by atoms with E-state index in [1.807, 2.05) is 0 Å². The van der Waals surface area contributed by atoms with Gasteiger partial charge in [0.1, 0.15) is 0 Å². The summed E-state index contributed by atoms with van der Waals surface area (Å²) in [6, 6.07) is 0. The highest BCUT2D eigenvalue weighted by molar-refractivity contribution is 6.37. The predicted octanol–water partition coefficient (Wildman–Crippen LogP) is -0.881. The van der Waals surface area contributed by atoms with Gasteiger partial charge < -0.3 is 11.1 Å². The molecule has 0 atom stereocenters. The predicted molar refractivity (Wildman–Crippen MR) is 28.7 cm³/mol. The fourth-order valence-electron chi connectivity index (χ4n) is 0.135. The van der Waals surface area contributed by atoms with Gasteiger partial charge in [0.15, 0.2) is 11.7 Å². The lowest BCUT2D eigenvalue weighted by atomic mass is 10.5. The normalized spacial score (nSPS) is 7.57. The highest BCUT2D eigenvalue weighted by Crippen LogP contribution is 1.56. The van der Waals surface area contributed by atoms with Gasteiger partial charge in [0.05, 0.1) is 0 Å². The summed E-state index contributed by atoms with van der Waals surface area (Å²) in [5.74, 6) is -0.275. The molecule has 0 radical (unpaired) electrons. The molecular formula is C3H8N4. The molecule has 0 saturated carbocycles. The lowest BCUT2D eigenvalue weighted by Gasteiger charge is -1.94. The van der Waals surface area contributed by atoms with E-state index in [-0.39, 0.29) is 11.7 Å². The van der Waals surface area contributed by atoms with Gasteiger partial charge in [0.2, 0.25) is 0 Å². The van der Waals surface area contributed by atoms with Crippen LogP contribution in [0.4, 0.5) is 0 Å². The zero-order valence-electron chi connectivity index (χ0n) is 4.08. The van der Waals surface area contributed by atoms with E-state index in [0.717, 1.165) is 0 Å². The van der Waals surface area contributed by atoms with E-state index in [1.165, 1.54) is 0 Å². The molecule has 0 amide bonds. The molecule has 0 aliphatic carbocycles. The Labute approximate surface area is 41.7 Å². The fourth-order valence-corrected chi connectivity index (χ4v) is 0.135. The molecule has 0 aromatic rings. The second-order valence-corrected chi connectivity index (χ2v) is 1.04. The molecule has 4 heteroatoms. The van der Waals surface area contributed by atoms with Gasteiger partial charge in [-0.1, -0.05) is 0 Å². The molecule has 0 rings (SSSR count). The molecule has 4 nitrogen and oxygen atoms in total. The van der Waals surface area contributed by atoms with E-state index in [2.05, 4.69) is 5.32 Å². The van der Waals surface area contributed by atoms with Crippen LogP contribution in [0.1, 0.15) is 0 Å². The second-order valence-electron chi connectivity index (χ2n) is 1.04. The quantitative estimate of drug-likeness (QED) is 0.235. The number of likely N-dealkylation sites (N-methyl/N-ethyl adjacent to an activating group) is 1. The van der Waals surface area contributed by atoms with Gasteiger partial charge in [0, 0.05) is 7.05 Å². The van der Waals surface area contributed by atoms with E-state index in [9.17, 15) is 0 Å². The summed E-state index contributed by atoms with van der Waals surface area (Å²) in [6.45, 7) is 0. The van der Waals surface area contributed by atoms with Gasteiger partial charge in [0.25, 0.3) is 0 Å². The van der Waals surface area contributed by atoms with Crippen molar-refractivity contribution in [2.75, 3.05) is 7.05 Å². The lowest BCUT2D eigenvalue weighted by molar-refractivity contribution is 1.16. The molecule has 0 bridgehead atoms. The molecule has 0 heterocycles. The molecule has 40 valence electrons. The number of hydrogen-bond donors (Lipinski definition) is 4. The van der Waals surface area contributed by atoms with Crippen molar-refractivity contribution < 1.29 is 0 Å². The van der Waals surface area contributed by atoms with Crippen molar-refractivity contribution in [1.82, 2.24) is 5.32 Å². The van der Waals surface area contributed by atoms with Gasteiger partial charge >= 0.3 is 0 Å². The van der Waals surface area contributed by atoms with Crippen molar-refractivity contribution in [2.24, 2.45) is 5.73 Å². The summed E-state index contributed by atoms with van der Waals surface area (Å²) >= 11 is 0. The van der Waals surface area contributed by atoms with Crippen LogP contribution in [0.25, 0.3) is 0 Å². The van der Waals surface area contributed by atoms with E-state index in [1.54, 1.807) is 7.05 Å². The summed E-state index contributed by atoms with van der Waals surface area (Å²) in [6.07, 6.45) is 0. The third-order valence-corrected chi connectivity index (χ3v) is 0.519. The Morgan fingerprint density at radius 2 is 2.00 bits per heavy atom. The van der Waals surface area contributed by atoms with Crippen LogP contribution in [-0.4, -0.2) is 18.7 Å². The van der Waals surface area contributed by atoms with Crippen LogP contribution >= 0.6 is 0 Å². The molecule has 0 spiro atoms. The average molecular weight is 100 g/mol. The van der Waals surface area contributed by atoms with Gasteiger partial charge in [-0.15, -0.1) is 0 Å². The van der Waals surface area contributed by atoms with Gasteiger partial charge in [-0.2, -0.15) is 0 Å². The zero-order valence-corrected chi connectivity index (χ0v) is 4.08. The van der Waals surface area contributed by atoms with E-state index in [0.29, 0.717) is 0 Å². The molecule has 5 N–H and O–H groups in total. The molecule has 0 unspecified atom stereocenters. The Morgan fingerprint density at radius 1 is 1.57 bits per heavy atom. The Kier molecular flexibility index (Phi) is 1.84. The van der Waals surface area contributed by atoms with Crippen LogP contribution in [0.2, 0.25) is 0 Å². The number of amidine groups is 2. The maximum absolute atomic E-state index is 6.73. The van der Waals surface area contributed by atoms with Crippen LogP contribution < -0.4 is 11.1 Å². The summed E-state index contributed by atoms with van der Waals surface area (Å²) in [4.78, 5) is 0. The van der Waals surface area contributed by atoms with E-state index < -0.39 is 0 Å². The van der Waals surface area contributed by atoms with Crippen LogP contribution in [0, 0.1) is 10.8 Å². The maximum Gasteiger partial charge on any atom is 0.160 e. The molecule has 0 aliphatic rings. The van der Waals surface area contributed by atoms with Gasteiger partial charge in [-0.3, -0.25) is 10.8 Å². The van der Waals surface area contributed by atoms with Crippen LogP contribution in [0.15, 0.2) is 0 Å². The van der Waals surface area contributed by atoms with Crippen molar-refractivity contribution in [3.05, 3.63) is 0 Å². The number of nitrogens with two attached hydrogens (primary N) is 1. The summed E-state index contributed by atoms with van der Waals surface area (Å²) < 4.78 is 0. The van der Waals surface area contributed by atoms with Crippen LogP contribution in [0.3, 0.4) is 0 Å². The largest absolute Gasteiger partial charge is 0.381 e. The first-order valence-corrected chi connectivity index (χ1v) is 1.79. The van der Waals surface area contributed by atoms with E-state index >= 15 is 0 Å². The zero-order chi connectivity index (χ0) is 5.86. The van der Waals surface area contributed by atoms with Crippen molar-refractivity contribution in [1.29, 1.82) is 10.8 Å². The average Bonchev–Trinajstić information content (AvgIpc) is 1.65. The smallest absolute Gasteiger partial charge is 0.160 e. The molecule has 0 aromatic carbocycles. The minimum absolute atomic E-state index is 0.0417. The molecular weight excluding hydrogens is 92.1 g/mol. The highest BCUT2D eigenvalue weighted by atomic mass is 15.0. The third kappa shape index (κ3) is 1.75. The SMILES string of the molecule is CNC(=N)C(=N)N. The van der Waals surface area contributed by atoms with Gasteiger partial charge in [-0.05, 0) is 0 Å². The molecule has 7 heavy (non-hydrogen) atoms. The van der Waals surface area contributed by atoms with Crippen molar-refractivity contribution in [3.8, 4) is 0 Å². The Morgan fingerprint density at radius 3 is 2.00 bits per heavy atom. The number of rotatable bonds is 0. The standard InChI is InChI=1S/C3H8N4/c1-7-3(6)2(4)5/h1H3,(H3,4,5)(H2,6,7).